The predicted molar refractivity (Wildman–Crippen MR) is 129 cm³/mol. The maximum absolute atomic E-state index is 11.3. The number of aliphatic hydroxyl groups is 1. The minimum atomic E-state index is -0.890. The average Bonchev–Trinajstić information content (AvgIpc) is 2.90. The molecule has 2 fully saturated rings. The Bertz CT molecular complexity index is 1030. The highest BCUT2D eigenvalue weighted by Gasteiger charge is 2.50. The van der Waals surface area contributed by atoms with E-state index in [-0.39, 0.29) is 6.10 Å². The number of ether oxygens (including phenoxy) is 5. The third-order valence-corrected chi connectivity index (χ3v) is 7.14. The van der Waals surface area contributed by atoms with Crippen molar-refractivity contribution in [1.29, 1.82) is 0 Å². The Labute approximate surface area is 203 Å². The van der Waals surface area contributed by atoms with E-state index in [9.17, 15) is 5.11 Å². The second-order valence-electron chi connectivity index (χ2n) is 8.26. The molecule has 3 aromatic carbocycles. The molecule has 2 saturated heterocycles. The molecule has 0 aromatic heterocycles. The van der Waals surface area contributed by atoms with E-state index in [4.69, 9.17) is 23.7 Å². The maximum atomic E-state index is 11.3. The molecule has 2 aliphatic rings. The summed E-state index contributed by atoms with van der Waals surface area (Å²) < 4.78 is 30.1. The van der Waals surface area contributed by atoms with Crippen molar-refractivity contribution in [1.82, 2.24) is 0 Å². The number of hydrogen-bond acceptors (Lipinski definition) is 7. The molecule has 0 spiro atoms. The van der Waals surface area contributed by atoms with Crippen molar-refractivity contribution in [3.63, 3.8) is 0 Å². The van der Waals surface area contributed by atoms with Crippen molar-refractivity contribution < 1.29 is 28.8 Å². The van der Waals surface area contributed by atoms with E-state index in [1.165, 1.54) is 11.8 Å². The highest BCUT2D eigenvalue weighted by atomic mass is 32.2. The Hall–Kier alpha value is -2.39. The molecule has 0 bridgehead atoms. The van der Waals surface area contributed by atoms with Crippen LogP contribution in [0.4, 0.5) is 0 Å². The van der Waals surface area contributed by atoms with Crippen molar-refractivity contribution in [2.45, 2.75) is 47.6 Å². The van der Waals surface area contributed by atoms with Crippen molar-refractivity contribution in [2.24, 2.45) is 0 Å². The molecule has 0 aliphatic carbocycles. The Balaban J connectivity index is 1.35. The van der Waals surface area contributed by atoms with Gasteiger partial charge < -0.3 is 28.8 Å². The fourth-order valence-electron chi connectivity index (χ4n) is 4.18. The van der Waals surface area contributed by atoms with E-state index in [1.807, 2.05) is 84.9 Å². The molecule has 5 rings (SSSR count). The van der Waals surface area contributed by atoms with Crippen LogP contribution in [0.1, 0.15) is 17.4 Å². The van der Waals surface area contributed by atoms with Crippen LogP contribution in [-0.2, 0) is 25.6 Å². The van der Waals surface area contributed by atoms with E-state index in [0.29, 0.717) is 13.2 Å². The second kappa shape index (κ2) is 10.9. The molecular formula is C27H28O6S. The normalized spacial score (nSPS) is 28.8. The summed E-state index contributed by atoms with van der Waals surface area (Å²) in [5, 5.41) is 11.3. The largest absolute Gasteiger partial charge is 0.497 e. The molecule has 0 unspecified atom stereocenters. The number of fused-ring (bicyclic) bond motifs is 1. The SMILES string of the molecule is COc1ccc(CO[C@@H]2[C@H](O)[C@@H](Sc3ccccc3)O[C@@H]3CO[C@@H](c4ccccc4)O[C@@H]23)cc1. The Morgan fingerprint density at radius 1 is 0.912 bits per heavy atom. The van der Waals surface area contributed by atoms with Gasteiger partial charge in [-0.2, -0.15) is 0 Å². The van der Waals surface area contributed by atoms with Crippen LogP contribution in [-0.4, -0.2) is 48.7 Å². The van der Waals surface area contributed by atoms with Gasteiger partial charge in [0.1, 0.15) is 35.6 Å². The summed E-state index contributed by atoms with van der Waals surface area (Å²) >= 11 is 1.48. The molecule has 2 aliphatic heterocycles. The van der Waals surface area contributed by atoms with Gasteiger partial charge in [-0.05, 0) is 29.8 Å². The van der Waals surface area contributed by atoms with E-state index >= 15 is 0 Å². The summed E-state index contributed by atoms with van der Waals surface area (Å²) in [7, 11) is 1.64. The number of benzene rings is 3. The lowest BCUT2D eigenvalue weighted by molar-refractivity contribution is -0.325. The first kappa shape index (κ1) is 23.4. The molecule has 7 heteroatoms. The van der Waals surface area contributed by atoms with Crippen molar-refractivity contribution in [3.05, 3.63) is 96.1 Å². The van der Waals surface area contributed by atoms with Gasteiger partial charge in [0.2, 0.25) is 0 Å². The van der Waals surface area contributed by atoms with Gasteiger partial charge in [0.05, 0.1) is 20.3 Å². The lowest BCUT2D eigenvalue weighted by atomic mass is 9.98. The number of hydrogen-bond donors (Lipinski definition) is 1. The van der Waals surface area contributed by atoms with Gasteiger partial charge in [-0.15, -0.1) is 0 Å². The van der Waals surface area contributed by atoms with Crippen LogP contribution in [0.3, 0.4) is 0 Å². The lowest BCUT2D eigenvalue weighted by Crippen LogP contribution is -2.61. The first-order chi connectivity index (χ1) is 16.7. The minimum Gasteiger partial charge on any atom is -0.497 e. The summed E-state index contributed by atoms with van der Waals surface area (Å²) in [6.07, 6.45) is -2.84. The molecule has 3 aromatic rings. The fraction of sp³-hybridized carbons (Fsp3) is 0.333. The fourth-order valence-corrected chi connectivity index (χ4v) is 5.25. The number of aliphatic hydroxyl groups excluding tert-OH is 1. The Morgan fingerprint density at radius 2 is 1.62 bits per heavy atom. The maximum Gasteiger partial charge on any atom is 0.184 e. The van der Waals surface area contributed by atoms with Gasteiger partial charge in [0.15, 0.2) is 6.29 Å². The zero-order valence-electron chi connectivity index (χ0n) is 18.9. The summed E-state index contributed by atoms with van der Waals surface area (Å²) in [6.45, 7) is 0.684. The third-order valence-electron chi connectivity index (χ3n) is 5.98. The lowest BCUT2D eigenvalue weighted by Gasteiger charge is -2.47. The van der Waals surface area contributed by atoms with Gasteiger partial charge >= 0.3 is 0 Å². The smallest absolute Gasteiger partial charge is 0.184 e. The quantitative estimate of drug-likeness (QED) is 0.531. The standard InChI is InChI=1S/C27H28O6S/c1-29-20-14-12-18(13-15-20)16-30-25-23(28)27(34-21-10-6-3-7-11-21)32-22-17-31-26(33-24(22)25)19-8-4-2-5-9-19/h2-15,22-28H,16-17H2,1H3/t22-,23+,24-,25-,26-,27-/m1/s1. The van der Waals surface area contributed by atoms with Crippen molar-refractivity contribution in [2.75, 3.05) is 13.7 Å². The first-order valence-electron chi connectivity index (χ1n) is 11.3. The Morgan fingerprint density at radius 3 is 2.32 bits per heavy atom. The molecule has 34 heavy (non-hydrogen) atoms. The summed E-state index contributed by atoms with van der Waals surface area (Å²) in [4.78, 5) is 1.01. The zero-order chi connectivity index (χ0) is 23.3. The molecular weight excluding hydrogens is 452 g/mol. The highest BCUT2D eigenvalue weighted by molar-refractivity contribution is 7.99. The number of methoxy groups -OCH3 is 1. The summed E-state index contributed by atoms with van der Waals surface area (Å²) in [5.74, 6) is 0.785. The molecule has 178 valence electrons. The van der Waals surface area contributed by atoms with Gasteiger partial charge in [-0.3, -0.25) is 0 Å². The molecule has 0 saturated carbocycles. The number of rotatable bonds is 7. The van der Waals surface area contributed by atoms with E-state index in [0.717, 1.165) is 21.8 Å². The van der Waals surface area contributed by atoms with Gasteiger partial charge in [0, 0.05) is 10.5 Å². The van der Waals surface area contributed by atoms with Gasteiger partial charge in [0.25, 0.3) is 0 Å². The molecule has 6 atom stereocenters. The van der Waals surface area contributed by atoms with Crippen LogP contribution in [0, 0.1) is 0 Å². The van der Waals surface area contributed by atoms with Crippen LogP contribution < -0.4 is 4.74 Å². The summed E-state index contributed by atoms with van der Waals surface area (Å²) in [5.41, 5.74) is 1.39. The highest BCUT2D eigenvalue weighted by Crippen LogP contribution is 2.40. The molecule has 2 heterocycles. The zero-order valence-corrected chi connectivity index (χ0v) is 19.7. The monoisotopic (exact) mass is 480 g/mol. The van der Waals surface area contributed by atoms with Crippen LogP contribution in [0.2, 0.25) is 0 Å². The van der Waals surface area contributed by atoms with Crippen molar-refractivity contribution in [3.8, 4) is 5.75 Å². The predicted octanol–water partition coefficient (Wildman–Crippen LogP) is 4.57. The van der Waals surface area contributed by atoms with Gasteiger partial charge in [-0.25, -0.2) is 0 Å². The van der Waals surface area contributed by atoms with Crippen LogP contribution in [0.5, 0.6) is 5.75 Å². The van der Waals surface area contributed by atoms with E-state index in [2.05, 4.69) is 0 Å². The molecule has 6 nitrogen and oxygen atoms in total. The minimum absolute atomic E-state index is 0.331. The van der Waals surface area contributed by atoms with E-state index in [1.54, 1.807) is 7.11 Å². The topological polar surface area (TPSA) is 66.4 Å². The van der Waals surface area contributed by atoms with Gasteiger partial charge in [-0.1, -0.05) is 72.4 Å². The second-order valence-corrected chi connectivity index (χ2v) is 9.44. The molecule has 1 N–H and O–H groups in total. The van der Waals surface area contributed by atoms with Crippen LogP contribution in [0.25, 0.3) is 0 Å². The molecule has 0 amide bonds. The summed E-state index contributed by atoms with van der Waals surface area (Å²) in [6, 6.07) is 27.4. The molecule has 0 radical (unpaired) electrons. The van der Waals surface area contributed by atoms with Crippen LogP contribution in [0.15, 0.2) is 89.8 Å². The first-order valence-corrected chi connectivity index (χ1v) is 12.2. The third kappa shape index (κ3) is 5.30. The van der Waals surface area contributed by atoms with Crippen LogP contribution >= 0.6 is 11.8 Å². The number of thioether (sulfide) groups is 1. The average molecular weight is 481 g/mol. The Kier molecular flexibility index (Phi) is 7.49. The van der Waals surface area contributed by atoms with Crippen molar-refractivity contribution >= 4 is 11.8 Å². The van der Waals surface area contributed by atoms with E-state index < -0.39 is 30.0 Å².